The van der Waals surface area contributed by atoms with E-state index in [4.69, 9.17) is 21.2 Å². The highest BCUT2D eigenvalue weighted by molar-refractivity contribution is 6.34. The maximum Gasteiger partial charge on any atom is 0.276 e. The number of pyridine rings is 1. The molecule has 8 heteroatoms. The Labute approximate surface area is 167 Å². The van der Waals surface area contributed by atoms with Crippen molar-refractivity contribution in [1.29, 1.82) is 0 Å². The van der Waals surface area contributed by atoms with E-state index in [0.717, 1.165) is 40.7 Å². The molecule has 2 N–H and O–H groups in total. The van der Waals surface area contributed by atoms with Crippen molar-refractivity contribution in [3.63, 3.8) is 0 Å². The maximum atomic E-state index is 12.3. The zero-order valence-corrected chi connectivity index (χ0v) is 16.6. The molecule has 1 saturated carbocycles. The van der Waals surface area contributed by atoms with Crippen LogP contribution in [0.15, 0.2) is 30.5 Å². The van der Waals surface area contributed by atoms with Crippen LogP contribution in [0.1, 0.15) is 23.2 Å². The number of H-pyrrole nitrogens is 1. The molecule has 7 nitrogen and oxygen atoms in total. The second-order valence-corrected chi connectivity index (χ2v) is 7.36. The lowest BCUT2D eigenvalue weighted by atomic mass is 10.0. The molecule has 0 spiro atoms. The van der Waals surface area contributed by atoms with Crippen LogP contribution < -0.4 is 15.1 Å². The van der Waals surface area contributed by atoms with Gasteiger partial charge in [-0.2, -0.15) is 4.98 Å². The van der Waals surface area contributed by atoms with E-state index in [-0.39, 0.29) is 12.0 Å². The van der Waals surface area contributed by atoms with Gasteiger partial charge in [0.15, 0.2) is 0 Å². The summed E-state index contributed by atoms with van der Waals surface area (Å²) in [5.74, 6) is 1.02. The van der Waals surface area contributed by atoms with Gasteiger partial charge >= 0.3 is 0 Å². The van der Waals surface area contributed by atoms with E-state index in [1.807, 2.05) is 37.2 Å². The molecule has 0 bridgehead atoms. The molecule has 2 aromatic heterocycles. The van der Waals surface area contributed by atoms with Gasteiger partial charge in [-0.25, -0.2) is 5.48 Å². The van der Waals surface area contributed by atoms with E-state index in [2.05, 4.69) is 15.4 Å². The average Bonchev–Trinajstić information content (AvgIpc) is 3.38. The number of hydroxylamine groups is 1. The minimum atomic E-state index is -0.336. The summed E-state index contributed by atoms with van der Waals surface area (Å²) in [6, 6.07) is 7.56. The Morgan fingerprint density at radius 1 is 1.29 bits per heavy atom. The average molecular weight is 401 g/mol. The molecule has 0 radical (unpaired) electrons. The van der Waals surface area contributed by atoms with Gasteiger partial charge in [0.05, 0.1) is 17.7 Å². The summed E-state index contributed by atoms with van der Waals surface area (Å²) in [4.78, 5) is 26.7. The number of nitrogens with zero attached hydrogens (tertiary/aromatic N) is 2. The molecule has 0 saturated heterocycles. The Morgan fingerprint density at radius 2 is 2.07 bits per heavy atom. The summed E-state index contributed by atoms with van der Waals surface area (Å²) in [6.07, 6.45) is 3.88. The van der Waals surface area contributed by atoms with Crippen molar-refractivity contribution in [3.8, 4) is 17.0 Å². The summed E-state index contributed by atoms with van der Waals surface area (Å²) >= 11 is 6.58. The molecule has 4 rings (SSSR count). The van der Waals surface area contributed by atoms with Crippen LogP contribution in [0.25, 0.3) is 22.0 Å². The van der Waals surface area contributed by atoms with Crippen molar-refractivity contribution in [1.82, 2.24) is 15.4 Å². The Kier molecular flexibility index (Phi) is 4.87. The Balaban J connectivity index is 1.84. The third-order valence-electron chi connectivity index (χ3n) is 4.61. The number of benzene rings is 1. The molecule has 1 aliphatic carbocycles. The van der Waals surface area contributed by atoms with Crippen LogP contribution in [0.5, 0.6) is 5.88 Å². The Morgan fingerprint density at radius 3 is 2.75 bits per heavy atom. The van der Waals surface area contributed by atoms with Crippen molar-refractivity contribution in [3.05, 3.63) is 41.0 Å². The number of anilines is 1. The smallest absolute Gasteiger partial charge is 0.276 e. The fraction of sp³-hybridized carbons (Fsp3) is 0.300. The molecule has 146 valence electrons. The fourth-order valence-electron chi connectivity index (χ4n) is 3.00. The molecule has 3 aromatic rings. The molecule has 0 aliphatic heterocycles. The summed E-state index contributed by atoms with van der Waals surface area (Å²) in [5, 5.41) is 1.29. The topological polar surface area (TPSA) is 79.5 Å². The number of hydrogen-bond donors (Lipinski definition) is 2. The van der Waals surface area contributed by atoms with Gasteiger partial charge in [0.2, 0.25) is 5.88 Å². The van der Waals surface area contributed by atoms with Gasteiger partial charge in [-0.15, -0.1) is 0 Å². The monoisotopic (exact) mass is 400 g/mol. The zero-order valence-electron chi connectivity index (χ0n) is 15.9. The summed E-state index contributed by atoms with van der Waals surface area (Å²) in [5.41, 5.74) is 5.13. The quantitative estimate of drug-likeness (QED) is 0.615. The lowest BCUT2D eigenvalue weighted by Gasteiger charge is -2.16. The van der Waals surface area contributed by atoms with Crippen LogP contribution in [0.4, 0.5) is 5.82 Å². The van der Waals surface area contributed by atoms with Crippen LogP contribution in [0.2, 0.25) is 5.02 Å². The predicted octanol–water partition coefficient (Wildman–Crippen LogP) is 3.78. The van der Waals surface area contributed by atoms with Gasteiger partial charge in [-0.05, 0) is 37.1 Å². The van der Waals surface area contributed by atoms with E-state index in [0.29, 0.717) is 16.5 Å². The molecule has 1 aliphatic rings. The second-order valence-electron chi connectivity index (χ2n) is 6.95. The van der Waals surface area contributed by atoms with Crippen molar-refractivity contribution < 1.29 is 14.4 Å². The van der Waals surface area contributed by atoms with E-state index in [1.165, 1.54) is 7.11 Å². The number of aromatic amines is 1. The molecule has 2 heterocycles. The molecule has 0 atom stereocenters. The first kappa shape index (κ1) is 18.6. The molecular weight excluding hydrogens is 380 g/mol. The Hall–Kier alpha value is -2.77. The van der Waals surface area contributed by atoms with Gasteiger partial charge in [-0.3, -0.25) is 9.63 Å². The normalized spacial score (nSPS) is 13.6. The van der Waals surface area contributed by atoms with Gasteiger partial charge in [-0.1, -0.05) is 11.6 Å². The summed E-state index contributed by atoms with van der Waals surface area (Å²) < 4.78 is 6.06. The number of carbonyl (C=O) groups excluding carboxylic acids is 1. The molecule has 28 heavy (non-hydrogen) atoms. The van der Waals surface area contributed by atoms with Crippen molar-refractivity contribution >= 4 is 34.2 Å². The van der Waals surface area contributed by atoms with Crippen LogP contribution in [-0.2, 0) is 4.84 Å². The predicted molar refractivity (Wildman–Crippen MR) is 109 cm³/mol. The number of halogens is 1. The van der Waals surface area contributed by atoms with Crippen molar-refractivity contribution in [2.45, 2.75) is 18.9 Å². The zero-order chi connectivity index (χ0) is 19.8. The third kappa shape index (κ3) is 3.50. The van der Waals surface area contributed by atoms with Crippen molar-refractivity contribution in [2.24, 2.45) is 0 Å². The van der Waals surface area contributed by atoms with Crippen LogP contribution >= 0.6 is 11.6 Å². The van der Waals surface area contributed by atoms with E-state index in [9.17, 15) is 4.79 Å². The highest BCUT2D eigenvalue weighted by Gasteiger charge is 2.26. The number of rotatable bonds is 6. The number of fused-ring (bicyclic) bond motifs is 1. The van der Waals surface area contributed by atoms with Crippen LogP contribution in [0.3, 0.4) is 0 Å². The number of hydrogen-bond acceptors (Lipinski definition) is 5. The fourth-order valence-corrected chi connectivity index (χ4v) is 3.27. The molecule has 1 amide bonds. The second kappa shape index (κ2) is 7.33. The summed E-state index contributed by atoms with van der Waals surface area (Å²) in [6.45, 7) is 0. The van der Waals surface area contributed by atoms with Gasteiger partial charge in [0, 0.05) is 42.3 Å². The van der Waals surface area contributed by atoms with E-state index >= 15 is 0 Å². The minimum Gasteiger partial charge on any atom is -0.474 e. The van der Waals surface area contributed by atoms with E-state index < -0.39 is 0 Å². The van der Waals surface area contributed by atoms with Gasteiger partial charge in [0.25, 0.3) is 5.91 Å². The highest BCUT2D eigenvalue weighted by atomic mass is 35.5. The number of carbonyl (C=O) groups is 1. The van der Waals surface area contributed by atoms with Gasteiger partial charge in [0.1, 0.15) is 11.9 Å². The Bertz CT molecular complexity index is 1040. The van der Waals surface area contributed by atoms with Crippen molar-refractivity contribution in [2.75, 3.05) is 26.1 Å². The lowest BCUT2D eigenvalue weighted by molar-refractivity contribution is 0.0539. The number of amides is 1. The third-order valence-corrected chi connectivity index (χ3v) is 4.92. The van der Waals surface area contributed by atoms with E-state index in [1.54, 1.807) is 12.3 Å². The first-order valence-corrected chi connectivity index (χ1v) is 9.35. The molecule has 1 aromatic carbocycles. The number of nitrogens with one attached hydrogen (secondary N) is 2. The van der Waals surface area contributed by atoms with Crippen LogP contribution in [-0.4, -0.2) is 43.2 Å². The SMILES string of the molecule is CONC(=O)c1c[nH]c2cc(Cl)c(-c3ccc(N(C)C)nc3OC3CC3)cc12. The lowest BCUT2D eigenvalue weighted by Crippen LogP contribution is -2.21. The molecular formula is C20H21ClN4O3. The number of ether oxygens (including phenoxy) is 1. The minimum absolute atomic E-state index is 0.196. The molecule has 1 fully saturated rings. The molecule has 0 unspecified atom stereocenters. The highest BCUT2D eigenvalue weighted by Crippen LogP contribution is 2.40. The first-order chi connectivity index (χ1) is 13.5. The maximum absolute atomic E-state index is 12.3. The summed E-state index contributed by atoms with van der Waals surface area (Å²) in [7, 11) is 5.26. The van der Waals surface area contributed by atoms with Gasteiger partial charge < -0.3 is 14.6 Å². The number of aromatic nitrogens is 2. The standard InChI is InChI=1S/C20H21ClN4O3/c1-25(2)18-7-6-12(20(23-18)28-11-4-5-11)13-8-14-15(19(26)24-27-3)10-22-17(14)9-16(13)21/h6-11,22H,4-5H2,1-3H3,(H,24,26). The van der Waals surface area contributed by atoms with Crippen LogP contribution in [0, 0.1) is 0 Å². The first-order valence-electron chi connectivity index (χ1n) is 8.97. The largest absolute Gasteiger partial charge is 0.474 e.